The van der Waals surface area contributed by atoms with Gasteiger partial charge in [0.2, 0.25) is 0 Å². The van der Waals surface area contributed by atoms with Crippen molar-refractivity contribution >= 4 is 11.8 Å². The minimum Gasteiger partial charge on any atom is -0.381 e. The van der Waals surface area contributed by atoms with Gasteiger partial charge in [-0.3, -0.25) is 4.57 Å². The van der Waals surface area contributed by atoms with Crippen LogP contribution in [-0.2, 0) is 11.3 Å². The van der Waals surface area contributed by atoms with Gasteiger partial charge in [0.15, 0.2) is 11.0 Å². The van der Waals surface area contributed by atoms with Crippen molar-refractivity contribution in [2.75, 3.05) is 19.0 Å². The number of benzene rings is 2. The molecule has 1 heterocycles. The molecule has 1 aromatic heterocycles. The minimum absolute atomic E-state index is 0.296. The van der Waals surface area contributed by atoms with Gasteiger partial charge < -0.3 is 4.74 Å². The van der Waals surface area contributed by atoms with E-state index < -0.39 is 0 Å². The van der Waals surface area contributed by atoms with Crippen molar-refractivity contribution in [2.24, 2.45) is 0 Å². The average molecular weight is 357 g/mol. The number of thioether (sulfide) groups is 1. The summed E-state index contributed by atoms with van der Waals surface area (Å²) in [5.74, 6) is 1.02. The first kappa shape index (κ1) is 17.6. The van der Waals surface area contributed by atoms with E-state index in [1.165, 1.54) is 6.07 Å². The molecule has 6 heteroatoms. The predicted octanol–water partition coefficient (Wildman–Crippen LogP) is 4.26. The number of hydrogen-bond acceptors (Lipinski definition) is 4. The third-order valence-corrected chi connectivity index (χ3v) is 4.61. The molecule has 0 aliphatic rings. The second-order valence-electron chi connectivity index (χ2n) is 5.40. The molecule has 0 atom stereocenters. The molecule has 130 valence electrons. The largest absolute Gasteiger partial charge is 0.381 e. The summed E-state index contributed by atoms with van der Waals surface area (Å²) in [7, 11) is 0. The molecule has 0 aliphatic heterocycles. The fraction of sp³-hybridized carbons (Fsp3) is 0.263. The topological polar surface area (TPSA) is 39.9 Å². The van der Waals surface area contributed by atoms with Crippen LogP contribution in [0, 0.1) is 5.82 Å². The van der Waals surface area contributed by atoms with Gasteiger partial charge in [-0.15, -0.1) is 10.2 Å². The molecule has 0 aliphatic carbocycles. The average Bonchev–Trinajstić information content (AvgIpc) is 3.02. The van der Waals surface area contributed by atoms with Crippen molar-refractivity contribution in [3.63, 3.8) is 0 Å². The molecule has 0 unspecified atom stereocenters. The van der Waals surface area contributed by atoms with Gasteiger partial charge in [0.1, 0.15) is 5.82 Å². The van der Waals surface area contributed by atoms with Crippen LogP contribution in [0.3, 0.4) is 0 Å². The van der Waals surface area contributed by atoms with E-state index in [9.17, 15) is 4.39 Å². The zero-order valence-corrected chi connectivity index (χ0v) is 14.9. The number of hydrogen-bond donors (Lipinski definition) is 0. The zero-order valence-electron chi connectivity index (χ0n) is 14.1. The third kappa shape index (κ3) is 4.46. The maximum atomic E-state index is 14.2. The summed E-state index contributed by atoms with van der Waals surface area (Å²) in [6.45, 7) is 3.90. The zero-order chi connectivity index (χ0) is 17.5. The van der Waals surface area contributed by atoms with Gasteiger partial charge in [-0.1, -0.05) is 54.2 Å². The monoisotopic (exact) mass is 357 g/mol. The van der Waals surface area contributed by atoms with E-state index >= 15 is 0 Å². The molecule has 0 radical (unpaired) electrons. The van der Waals surface area contributed by atoms with Crippen LogP contribution in [0.25, 0.3) is 11.4 Å². The van der Waals surface area contributed by atoms with Crippen LogP contribution in [0.2, 0.25) is 0 Å². The normalized spacial score (nSPS) is 11.0. The van der Waals surface area contributed by atoms with Gasteiger partial charge in [0, 0.05) is 12.4 Å². The van der Waals surface area contributed by atoms with E-state index in [2.05, 4.69) is 10.2 Å². The molecule has 4 nitrogen and oxygen atoms in total. The lowest BCUT2D eigenvalue weighted by atomic mass is 10.2. The van der Waals surface area contributed by atoms with E-state index in [0.29, 0.717) is 31.1 Å². The maximum Gasteiger partial charge on any atom is 0.191 e. The van der Waals surface area contributed by atoms with Gasteiger partial charge in [-0.2, -0.15) is 0 Å². The molecule has 0 N–H and O–H groups in total. The molecule has 0 saturated carbocycles. The summed E-state index contributed by atoms with van der Waals surface area (Å²) in [6.07, 6.45) is 0. The second kappa shape index (κ2) is 8.78. The Balaban J connectivity index is 1.92. The first-order valence-electron chi connectivity index (χ1n) is 8.22. The molecule has 2 aromatic carbocycles. The Morgan fingerprint density at radius 3 is 2.56 bits per heavy atom. The van der Waals surface area contributed by atoms with Crippen LogP contribution in [0.15, 0.2) is 59.8 Å². The molecule has 25 heavy (non-hydrogen) atoms. The summed E-state index contributed by atoms with van der Waals surface area (Å²) < 4.78 is 21.6. The van der Waals surface area contributed by atoms with Crippen molar-refractivity contribution in [2.45, 2.75) is 18.6 Å². The molecule has 0 spiro atoms. The lowest BCUT2D eigenvalue weighted by Gasteiger charge is -2.11. The minimum atomic E-state index is -0.296. The van der Waals surface area contributed by atoms with Gasteiger partial charge in [-0.25, -0.2) is 4.39 Å². The van der Waals surface area contributed by atoms with E-state index in [0.717, 1.165) is 16.5 Å². The highest BCUT2D eigenvalue weighted by Gasteiger charge is 2.17. The predicted molar refractivity (Wildman–Crippen MR) is 98.2 cm³/mol. The number of halogens is 1. The van der Waals surface area contributed by atoms with Crippen molar-refractivity contribution in [1.29, 1.82) is 0 Å². The molecular weight excluding hydrogens is 337 g/mol. The van der Waals surface area contributed by atoms with Crippen LogP contribution < -0.4 is 0 Å². The molecule has 3 aromatic rings. The Labute approximate surface area is 151 Å². The highest BCUT2D eigenvalue weighted by Crippen LogP contribution is 2.26. The first-order valence-corrected chi connectivity index (χ1v) is 9.20. The summed E-state index contributed by atoms with van der Waals surface area (Å²) in [4.78, 5) is 0. The van der Waals surface area contributed by atoms with Crippen LogP contribution in [0.4, 0.5) is 4.39 Å². The molecular formula is C19H20FN3OS. The fourth-order valence-electron chi connectivity index (χ4n) is 2.48. The Morgan fingerprint density at radius 1 is 1.04 bits per heavy atom. The Morgan fingerprint density at radius 2 is 1.80 bits per heavy atom. The molecule has 0 bridgehead atoms. The third-order valence-electron chi connectivity index (χ3n) is 3.68. The molecule has 0 saturated heterocycles. The SMILES string of the molecule is CCOCCSc1nnc(-c2ccccc2F)n1Cc1ccccc1. The number of nitrogens with zero attached hydrogens (tertiary/aromatic N) is 3. The fourth-order valence-corrected chi connectivity index (χ4v) is 3.27. The highest BCUT2D eigenvalue weighted by molar-refractivity contribution is 7.99. The first-order chi connectivity index (χ1) is 12.3. The van der Waals surface area contributed by atoms with E-state index in [1.54, 1.807) is 23.9 Å². The Bertz CT molecular complexity index is 807. The Hall–Kier alpha value is -2.18. The summed E-state index contributed by atoms with van der Waals surface area (Å²) in [5, 5.41) is 9.30. The molecule has 3 rings (SSSR count). The smallest absolute Gasteiger partial charge is 0.191 e. The van der Waals surface area contributed by atoms with Crippen molar-refractivity contribution in [1.82, 2.24) is 14.8 Å². The Kier molecular flexibility index (Phi) is 6.19. The lowest BCUT2D eigenvalue weighted by Crippen LogP contribution is -2.06. The van der Waals surface area contributed by atoms with Crippen LogP contribution in [-0.4, -0.2) is 33.7 Å². The summed E-state index contributed by atoms with van der Waals surface area (Å²) >= 11 is 1.57. The second-order valence-corrected chi connectivity index (χ2v) is 6.47. The highest BCUT2D eigenvalue weighted by atomic mass is 32.2. The van der Waals surface area contributed by atoms with Crippen LogP contribution in [0.1, 0.15) is 12.5 Å². The van der Waals surface area contributed by atoms with Crippen molar-refractivity contribution in [3.05, 3.63) is 66.0 Å². The summed E-state index contributed by atoms with van der Waals surface area (Å²) in [6, 6.07) is 16.7. The van der Waals surface area contributed by atoms with Gasteiger partial charge in [-0.05, 0) is 24.6 Å². The standard InChI is InChI=1S/C19H20FN3OS/c1-2-24-12-13-25-19-22-21-18(16-10-6-7-11-17(16)20)23(19)14-15-8-4-3-5-9-15/h3-11H,2,12-14H2,1H3. The van der Waals surface area contributed by atoms with Crippen LogP contribution >= 0.6 is 11.8 Å². The van der Waals surface area contributed by atoms with Crippen molar-refractivity contribution in [3.8, 4) is 11.4 Å². The molecule has 0 amide bonds. The van der Waals surface area contributed by atoms with Crippen molar-refractivity contribution < 1.29 is 9.13 Å². The number of ether oxygens (including phenoxy) is 1. The molecule has 0 fully saturated rings. The van der Waals surface area contributed by atoms with Gasteiger partial charge >= 0.3 is 0 Å². The van der Waals surface area contributed by atoms with Gasteiger partial charge in [0.05, 0.1) is 18.7 Å². The van der Waals surface area contributed by atoms with Crippen LogP contribution in [0.5, 0.6) is 0 Å². The maximum absolute atomic E-state index is 14.2. The van der Waals surface area contributed by atoms with E-state index in [4.69, 9.17) is 4.74 Å². The van der Waals surface area contributed by atoms with E-state index in [1.807, 2.05) is 47.9 Å². The quantitative estimate of drug-likeness (QED) is 0.446. The summed E-state index contributed by atoms with van der Waals surface area (Å²) in [5.41, 5.74) is 1.58. The lowest BCUT2D eigenvalue weighted by molar-refractivity contribution is 0.164. The van der Waals surface area contributed by atoms with Gasteiger partial charge in [0.25, 0.3) is 0 Å². The number of rotatable bonds is 8. The van der Waals surface area contributed by atoms with E-state index in [-0.39, 0.29) is 5.82 Å². The number of aromatic nitrogens is 3.